The zero-order chi connectivity index (χ0) is 21.5. The van der Waals surface area contributed by atoms with Gasteiger partial charge in [0.1, 0.15) is 0 Å². The van der Waals surface area contributed by atoms with Crippen LogP contribution in [-0.4, -0.2) is 30.0 Å². The third-order valence-corrected chi connectivity index (χ3v) is 7.16. The van der Waals surface area contributed by atoms with Crippen LogP contribution in [0.15, 0.2) is 58.3 Å². The van der Waals surface area contributed by atoms with Crippen molar-refractivity contribution >= 4 is 20.2 Å². The molecule has 0 fully saturated rings. The smallest absolute Gasteiger partial charge is 0.266 e. The number of hydrogen-bond acceptors (Lipinski definition) is 6. The summed E-state index contributed by atoms with van der Waals surface area (Å²) in [4.78, 5) is 0.213. The highest BCUT2D eigenvalue weighted by molar-refractivity contribution is 7.87. The molecule has 0 bridgehead atoms. The quantitative estimate of drug-likeness (QED) is 0.486. The van der Waals surface area contributed by atoms with Crippen LogP contribution in [0.25, 0.3) is 0 Å². The Morgan fingerprint density at radius 3 is 1.62 bits per heavy atom. The Morgan fingerprint density at radius 2 is 1.17 bits per heavy atom. The van der Waals surface area contributed by atoms with Gasteiger partial charge < -0.3 is 0 Å². The van der Waals surface area contributed by atoms with Crippen LogP contribution in [0.2, 0.25) is 0 Å². The molecule has 29 heavy (non-hydrogen) atoms. The van der Waals surface area contributed by atoms with E-state index < -0.39 is 20.2 Å². The number of rotatable bonds is 11. The Morgan fingerprint density at radius 1 is 0.724 bits per heavy atom. The van der Waals surface area contributed by atoms with Gasteiger partial charge >= 0.3 is 0 Å². The molecule has 1 unspecified atom stereocenters. The van der Waals surface area contributed by atoms with E-state index >= 15 is 0 Å². The third-order valence-electron chi connectivity index (χ3n) is 4.54. The summed E-state index contributed by atoms with van der Waals surface area (Å²) in [5.74, 6) is -0.131. The van der Waals surface area contributed by atoms with Crippen LogP contribution in [0, 0.1) is 19.8 Å². The average molecular weight is 441 g/mol. The van der Waals surface area contributed by atoms with Crippen LogP contribution in [0.3, 0.4) is 0 Å². The molecule has 6 nitrogen and oxygen atoms in total. The maximum atomic E-state index is 12.3. The minimum absolute atomic E-state index is 0.0159. The van der Waals surface area contributed by atoms with Gasteiger partial charge in [0.05, 0.1) is 23.0 Å². The summed E-state index contributed by atoms with van der Waals surface area (Å²) in [5.41, 5.74) is 1.92. The average Bonchev–Trinajstić information content (AvgIpc) is 2.67. The Balaban J connectivity index is 1.92. The first-order valence-electron chi connectivity index (χ1n) is 9.56. The molecule has 160 valence electrons. The number of hydrogen-bond donors (Lipinski definition) is 0. The van der Waals surface area contributed by atoms with Crippen molar-refractivity contribution in [3.63, 3.8) is 0 Å². The Labute approximate surface area is 174 Å². The molecule has 0 aliphatic heterocycles. The van der Waals surface area contributed by atoms with Gasteiger partial charge in [-0.15, -0.1) is 0 Å². The summed E-state index contributed by atoms with van der Waals surface area (Å²) in [6.45, 7) is 5.68. The van der Waals surface area contributed by atoms with Crippen molar-refractivity contribution in [3.8, 4) is 0 Å². The van der Waals surface area contributed by atoms with Crippen LogP contribution >= 0.6 is 0 Å². The number of benzene rings is 2. The molecule has 0 spiro atoms. The fraction of sp³-hybridized carbons (Fsp3) is 0.429. The van der Waals surface area contributed by atoms with Gasteiger partial charge in [0.25, 0.3) is 20.2 Å². The van der Waals surface area contributed by atoms with E-state index in [4.69, 9.17) is 8.37 Å². The molecular formula is C21H28O6S2. The molecule has 0 saturated carbocycles. The molecule has 0 radical (unpaired) electrons. The minimum Gasteiger partial charge on any atom is -0.266 e. The van der Waals surface area contributed by atoms with E-state index in [9.17, 15) is 16.8 Å². The predicted octanol–water partition coefficient (Wildman–Crippen LogP) is 4.22. The summed E-state index contributed by atoms with van der Waals surface area (Å²) in [6, 6.07) is 12.9. The SMILES string of the molecule is CCCC(CCOS(=O)(=O)c1ccc(C)cc1)COS(=O)(=O)c1ccc(C)cc1. The highest BCUT2D eigenvalue weighted by atomic mass is 32.2. The van der Waals surface area contributed by atoms with Gasteiger partial charge in [-0.3, -0.25) is 8.37 Å². The first-order valence-corrected chi connectivity index (χ1v) is 12.4. The third kappa shape index (κ3) is 7.22. The fourth-order valence-corrected chi connectivity index (χ4v) is 4.67. The Hall–Kier alpha value is -1.74. The van der Waals surface area contributed by atoms with Crippen molar-refractivity contribution in [1.82, 2.24) is 0 Å². The van der Waals surface area contributed by atoms with Crippen molar-refractivity contribution in [2.75, 3.05) is 13.2 Å². The lowest BCUT2D eigenvalue weighted by molar-refractivity contribution is 0.205. The van der Waals surface area contributed by atoms with Gasteiger partial charge in [-0.25, -0.2) is 0 Å². The molecule has 0 aliphatic carbocycles. The zero-order valence-electron chi connectivity index (χ0n) is 17.0. The van der Waals surface area contributed by atoms with Crippen LogP contribution in [-0.2, 0) is 28.6 Å². The largest absolute Gasteiger partial charge is 0.296 e. The molecular weight excluding hydrogens is 412 g/mol. The molecule has 8 heteroatoms. The van der Waals surface area contributed by atoms with Gasteiger partial charge in [-0.05, 0) is 56.9 Å². The Bertz CT molecular complexity index is 978. The first kappa shape index (κ1) is 23.5. The van der Waals surface area contributed by atoms with Crippen molar-refractivity contribution in [1.29, 1.82) is 0 Å². The molecule has 2 rings (SSSR count). The zero-order valence-corrected chi connectivity index (χ0v) is 18.6. The highest BCUT2D eigenvalue weighted by Crippen LogP contribution is 2.19. The van der Waals surface area contributed by atoms with Crippen molar-refractivity contribution < 1.29 is 25.2 Å². The van der Waals surface area contributed by atoms with Crippen molar-refractivity contribution in [2.45, 2.75) is 49.8 Å². The molecule has 0 saturated heterocycles. The molecule has 2 aromatic rings. The predicted molar refractivity (Wildman–Crippen MR) is 112 cm³/mol. The number of aryl methyl sites for hydroxylation is 2. The Kier molecular flexibility index (Phi) is 8.39. The molecule has 0 amide bonds. The molecule has 0 aliphatic rings. The monoisotopic (exact) mass is 440 g/mol. The van der Waals surface area contributed by atoms with Gasteiger partial charge in [0.2, 0.25) is 0 Å². The molecule has 1 atom stereocenters. The summed E-state index contributed by atoms with van der Waals surface area (Å²) >= 11 is 0. The van der Waals surface area contributed by atoms with E-state index in [1.807, 2.05) is 20.8 Å². The van der Waals surface area contributed by atoms with Crippen molar-refractivity contribution in [3.05, 3.63) is 59.7 Å². The van der Waals surface area contributed by atoms with E-state index in [2.05, 4.69) is 0 Å². The van der Waals surface area contributed by atoms with E-state index in [0.29, 0.717) is 12.8 Å². The van der Waals surface area contributed by atoms with Gasteiger partial charge in [0.15, 0.2) is 0 Å². The summed E-state index contributed by atoms with van der Waals surface area (Å²) in [5, 5.41) is 0. The lowest BCUT2D eigenvalue weighted by atomic mass is 10.0. The second-order valence-electron chi connectivity index (χ2n) is 7.08. The molecule has 0 N–H and O–H groups in total. The summed E-state index contributed by atoms with van der Waals surface area (Å²) in [7, 11) is -7.69. The second kappa shape index (κ2) is 10.3. The topological polar surface area (TPSA) is 86.7 Å². The van der Waals surface area contributed by atoms with Crippen LogP contribution in [0.1, 0.15) is 37.3 Å². The summed E-state index contributed by atoms with van der Waals surface area (Å²) in [6.07, 6.45) is 1.91. The second-order valence-corrected chi connectivity index (χ2v) is 10.3. The van der Waals surface area contributed by atoms with Gasteiger partial charge in [-0.1, -0.05) is 48.7 Å². The summed E-state index contributed by atoms with van der Waals surface area (Å²) < 4.78 is 59.6. The minimum atomic E-state index is -3.85. The molecule has 2 aromatic carbocycles. The molecule has 0 heterocycles. The maximum Gasteiger partial charge on any atom is 0.296 e. The molecule has 0 aromatic heterocycles. The fourth-order valence-electron chi connectivity index (χ4n) is 2.78. The maximum absolute atomic E-state index is 12.3. The van der Waals surface area contributed by atoms with E-state index in [1.165, 1.54) is 24.3 Å². The lowest BCUT2D eigenvalue weighted by Gasteiger charge is -2.16. The van der Waals surface area contributed by atoms with Crippen LogP contribution < -0.4 is 0 Å². The van der Waals surface area contributed by atoms with Crippen molar-refractivity contribution in [2.24, 2.45) is 5.92 Å². The van der Waals surface area contributed by atoms with E-state index in [1.54, 1.807) is 24.3 Å². The highest BCUT2D eigenvalue weighted by Gasteiger charge is 2.20. The van der Waals surface area contributed by atoms with Crippen LogP contribution in [0.5, 0.6) is 0 Å². The van der Waals surface area contributed by atoms with Gasteiger partial charge in [-0.2, -0.15) is 16.8 Å². The van der Waals surface area contributed by atoms with Crippen LogP contribution in [0.4, 0.5) is 0 Å². The lowest BCUT2D eigenvalue weighted by Crippen LogP contribution is -2.18. The normalized spacial score (nSPS) is 13.3. The van der Waals surface area contributed by atoms with E-state index in [0.717, 1.165) is 17.5 Å². The standard InChI is InChI=1S/C21H28O6S2/c1-4-5-19(16-27-29(24,25)21-12-8-18(3)9-13-21)14-15-26-28(22,23)20-10-6-17(2)7-11-20/h6-13,19H,4-5,14-16H2,1-3H3. The van der Waals surface area contributed by atoms with Gasteiger partial charge in [0, 0.05) is 0 Å². The van der Waals surface area contributed by atoms with E-state index in [-0.39, 0.29) is 28.9 Å². The first-order chi connectivity index (χ1) is 13.6.